The second kappa shape index (κ2) is 6.23. The monoisotopic (exact) mass is 315 g/mol. The molecular formula is C13H17NO6S. The van der Waals surface area contributed by atoms with Crippen LogP contribution >= 0.6 is 0 Å². The molecule has 7 nitrogen and oxygen atoms in total. The zero-order chi connectivity index (χ0) is 16.3. The van der Waals surface area contributed by atoms with Crippen LogP contribution in [0.15, 0.2) is 29.2 Å². The Morgan fingerprint density at radius 2 is 1.76 bits per heavy atom. The molecule has 0 fully saturated rings. The molecule has 0 spiro atoms. The van der Waals surface area contributed by atoms with Gasteiger partial charge in [0.2, 0.25) is 10.0 Å². The fourth-order valence-corrected chi connectivity index (χ4v) is 2.53. The average Bonchev–Trinajstić information content (AvgIpc) is 2.44. The van der Waals surface area contributed by atoms with Crippen molar-refractivity contribution in [2.75, 3.05) is 13.7 Å². The number of methoxy groups -OCH3 is 1. The number of nitrogens with one attached hydrogen (secondary N) is 1. The molecule has 0 unspecified atom stereocenters. The highest BCUT2D eigenvalue weighted by atomic mass is 32.2. The molecule has 2 N–H and O–H groups in total. The quantitative estimate of drug-likeness (QED) is 0.754. The van der Waals surface area contributed by atoms with Crippen molar-refractivity contribution in [2.45, 2.75) is 18.7 Å². The van der Waals surface area contributed by atoms with Crippen LogP contribution in [0.1, 0.15) is 24.2 Å². The summed E-state index contributed by atoms with van der Waals surface area (Å²) in [4.78, 5) is 22.1. The van der Waals surface area contributed by atoms with Crippen molar-refractivity contribution in [3.63, 3.8) is 0 Å². The van der Waals surface area contributed by atoms with Crippen molar-refractivity contribution in [2.24, 2.45) is 5.41 Å². The number of ether oxygens (including phenoxy) is 1. The van der Waals surface area contributed by atoms with Gasteiger partial charge in [0.15, 0.2) is 0 Å². The number of carbonyl (C=O) groups is 2. The number of rotatable bonds is 6. The van der Waals surface area contributed by atoms with E-state index in [9.17, 15) is 18.0 Å². The van der Waals surface area contributed by atoms with E-state index in [1.165, 1.54) is 45.2 Å². The average molecular weight is 315 g/mol. The molecule has 0 saturated heterocycles. The fourth-order valence-electron chi connectivity index (χ4n) is 1.32. The Balaban J connectivity index is 2.89. The molecule has 116 valence electrons. The molecule has 1 aromatic rings. The number of benzene rings is 1. The molecule has 0 aliphatic rings. The first-order valence-electron chi connectivity index (χ1n) is 6.01. The topological polar surface area (TPSA) is 110 Å². The highest BCUT2D eigenvalue weighted by Gasteiger charge is 2.29. The predicted molar refractivity (Wildman–Crippen MR) is 74.4 cm³/mol. The minimum absolute atomic E-state index is 0.0589. The minimum atomic E-state index is -3.84. The molecule has 0 bridgehead atoms. The van der Waals surface area contributed by atoms with Crippen LogP contribution in [0, 0.1) is 5.41 Å². The third-order valence-electron chi connectivity index (χ3n) is 2.87. The minimum Gasteiger partial charge on any atom is -0.481 e. The lowest BCUT2D eigenvalue weighted by Crippen LogP contribution is -2.38. The van der Waals surface area contributed by atoms with Gasteiger partial charge in [-0.3, -0.25) is 4.79 Å². The predicted octanol–water partition coefficient (Wildman–Crippen LogP) is 0.862. The van der Waals surface area contributed by atoms with Crippen LogP contribution in [0.2, 0.25) is 0 Å². The molecule has 1 aromatic carbocycles. The second-order valence-electron chi connectivity index (χ2n) is 5.03. The Kier molecular flexibility index (Phi) is 5.08. The van der Waals surface area contributed by atoms with Gasteiger partial charge in [-0.05, 0) is 38.1 Å². The van der Waals surface area contributed by atoms with Gasteiger partial charge in [-0.25, -0.2) is 17.9 Å². The fraction of sp³-hybridized carbons (Fsp3) is 0.385. The van der Waals surface area contributed by atoms with Crippen LogP contribution in [0.5, 0.6) is 0 Å². The maximum Gasteiger partial charge on any atom is 0.337 e. The van der Waals surface area contributed by atoms with E-state index in [-0.39, 0.29) is 17.0 Å². The number of esters is 1. The van der Waals surface area contributed by atoms with Gasteiger partial charge in [-0.15, -0.1) is 0 Å². The number of carbonyl (C=O) groups excluding carboxylic acids is 1. The first-order valence-corrected chi connectivity index (χ1v) is 7.50. The van der Waals surface area contributed by atoms with E-state index in [0.29, 0.717) is 0 Å². The maximum absolute atomic E-state index is 12.0. The van der Waals surface area contributed by atoms with E-state index < -0.39 is 27.4 Å². The highest BCUT2D eigenvalue weighted by molar-refractivity contribution is 7.89. The molecule has 0 aliphatic carbocycles. The Morgan fingerprint density at radius 3 is 2.19 bits per heavy atom. The normalized spacial score (nSPS) is 12.0. The Morgan fingerprint density at radius 1 is 1.24 bits per heavy atom. The summed E-state index contributed by atoms with van der Waals surface area (Å²) in [5.41, 5.74) is -0.999. The van der Waals surface area contributed by atoms with E-state index in [1.807, 2.05) is 0 Å². The Bertz CT molecular complexity index is 633. The van der Waals surface area contributed by atoms with Crippen molar-refractivity contribution in [3.8, 4) is 0 Å². The second-order valence-corrected chi connectivity index (χ2v) is 6.80. The van der Waals surface area contributed by atoms with Crippen LogP contribution in [-0.4, -0.2) is 39.1 Å². The molecule has 0 amide bonds. The maximum atomic E-state index is 12.0. The number of hydrogen-bond acceptors (Lipinski definition) is 5. The van der Waals surface area contributed by atoms with Gasteiger partial charge in [-0.2, -0.15) is 0 Å². The molecule has 8 heteroatoms. The summed E-state index contributed by atoms with van der Waals surface area (Å²) in [6, 6.07) is 5.15. The summed E-state index contributed by atoms with van der Waals surface area (Å²) in [5, 5.41) is 8.95. The third-order valence-corrected chi connectivity index (χ3v) is 4.29. The van der Waals surface area contributed by atoms with Crippen LogP contribution in [0.3, 0.4) is 0 Å². The van der Waals surface area contributed by atoms with Crippen molar-refractivity contribution in [1.82, 2.24) is 4.72 Å². The van der Waals surface area contributed by atoms with Crippen molar-refractivity contribution in [1.29, 1.82) is 0 Å². The molecule has 21 heavy (non-hydrogen) atoms. The van der Waals surface area contributed by atoms with Crippen molar-refractivity contribution < 1.29 is 27.9 Å². The number of aliphatic carboxylic acids is 1. The summed E-state index contributed by atoms with van der Waals surface area (Å²) < 4.78 is 30.8. The van der Waals surface area contributed by atoms with Crippen molar-refractivity contribution >= 4 is 22.0 Å². The van der Waals surface area contributed by atoms with Crippen LogP contribution in [0.25, 0.3) is 0 Å². The first kappa shape index (κ1) is 17.1. The lowest BCUT2D eigenvalue weighted by molar-refractivity contribution is -0.146. The smallest absolute Gasteiger partial charge is 0.337 e. The molecule has 0 aliphatic heterocycles. The van der Waals surface area contributed by atoms with E-state index in [1.54, 1.807) is 0 Å². The van der Waals surface area contributed by atoms with E-state index >= 15 is 0 Å². The number of sulfonamides is 1. The summed E-state index contributed by atoms with van der Waals surface area (Å²) in [7, 11) is -2.62. The molecule has 1 rings (SSSR count). The van der Waals surface area contributed by atoms with Crippen LogP contribution in [-0.2, 0) is 19.6 Å². The third kappa shape index (κ3) is 4.27. The standard InChI is InChI=1S/C13H17NO6S/c1-13(2,12(16)17)8-14-21(18,19)10-6-4-9(5-7-10)11(15)20-3/h4-7,14H,8H2,1-3H3,(H,16,17). The van der Waals surface area contributed by atoms with Crippen LogP contribution in [0.4, 0.5) is 0 Å². The Hall–Kier alpha value is -1.93. The summed E-state index contributed by atoms with van der Waals surface area (Å²) >= 11 is 0. The molecule has 0 saturated carbocycles. The van der Waals surface area contributed by atoms with Gasteiger partial charge < -0.3 is 9.84 Å². The van der Waals surface area contributed by atoms with E-state index in [2.05, 4.69) is 9.46 Å². The van der Waals surface area contributed by atoms with Gasteiger partial charge in [0.1, 0.15) is 0 Å². The molecule has 0 radical (unpaired) electrons. The lowest BCUT2D eigenvalue weighted by Gasteiger charge is -2.19. The molecular weight excluding hydrogens is 298 g/mol. The molecule has 0 atom stereocenters. The van der Waals surface area contributed by atoms with Gasteiger partial charge in [0, 0.05) is 6.54 Å². The van der Waals surface area contributed by atoms with E-state index in [0.717, 1.165) is 0 Å². The highest BCUT2D eigenvalue weighted by Crippen LogP contribution is 2.16. The van der Waals surface area contributed by atoms with Gasteiger partial charge in [0.25, 0.3) is 0 Å². The zero-order valence-electron chi connectivity index (χ0n) is 11.9. The van der Waals surface area contributed by atoms with Crippen LogP contribution < -0.4 is 4.72 Å². The summed E-state index contributed by atoms with van der Waals surface area (Å²) in [5.74, 6) is -1.68. The number of carboxylic acid groups (broad SMARTS) is 1. The summed E-state index contributed by atoms with van der Waals surface area (Å²) in [6.45, 7) is 2.58. The molecule has 0 aromatic heterocycles. The molecule has 0 heterocycles. The first-order chi connectivity index (χ1) is 9.60. The number of carboxylic acids is 1. The summed E-state index contributed by atoms with van der Waals surface area (Å²) in [6.07, 6.45) is 0. The Labute approximate surface area is 123 Å². The van der Waals surface area contributed by atoms with E-state index in [4.69, 9.17) is 5.11 Å². The van der Waals surface area contributed by atoms with Gasteiger partial charge in [0.05, 0.1) is 23.0 Å². The zero-order valence-corrected chi connectivity index (χ0v) is 12.7. The van der Waals surface area contributed by atoms with Gasteiger partial charge >= 0.3 is 11.9 Å². The van der Waals surface area contributed by atoms with Gasteiger partial charge in [-0.1, -0.05) is 0 Å². The number of hydrogen-bond donors (Lipinski definition) is 2. The largest absolute Gasteiger partial charge is 0.481 e. The van der Waals surface area contributed by atoms with Crippen molar-refractivity contribution in [3.05, 3.63) is 29.8 Å². The lowest BCUT2D eigenvalue weighted by atomic mass is 9.95. The SMILES string of the molecule is COC(=O)c1ccc(S(=O)(=O)NCC(C)(C)C(=O)O)cc1.